The molecule has 558 valence electrons. The molecule has 105 heavy (non-hydrogen) atoms. The van der Waals surface area contributed by atoms with Gasteiger partial charge in [0.1, 0.15) is 34.4 Å². The Morgan fingerprint density at radius 2 is 0.648 bits per heavy atom. The summed E-state index contributed by atoms with van der Waals surface area (Å²) in [5.41, 5.74) is 16.0. The lowest BCUT2D eigenvalue weighted by atomic mass is 9.84. The minimum Gasteiger partial charge on any atom is -0.373 e. The van der Waals surface area contributed by atoms with Crippen molar-refractivity contribution >= 4 is 115 Å². The second-order valence-corrected chi connectivity index (χ2v) is 39.1. The number of carbonyl (C=O) groups is 3. The van der Waals surface area contributed by atoms with Crippen LogP contribution in [-0.2, 0) is 96.6 Å². The fourth-order valence-corrected chi connectivity index (χ4v) is 17.1. The Kier molecular flexibility index (Phi) is 21.2. The van der Waals surface area contributed by atoms with Crippen LogP contribution in [0, 0.1) is 34.0 Å². The summed E-state index contributed by atoms with van der Waals surface area (Å²) < 4.78 is 95.0. The van der Waals surface area contributed by atoms with E-state index in [1.165, 1.54) is 18.8 Å². The zero-order valence-corrected chi connectivity index (χ0v) is 65.0. The molecule has 15 rings (SSSR count). The van der Waals surface area contributed by atoms with E-state index in [1.54, 1.807) is 18.2 Å². The summed E-state index contributed by atoms with van der Waals surface area (Å²) in [6.45, 7) is 20.9. The molecule has 21 nitrogen and oxygen atoms in total. The molecule has 3 saturated heterocycles. The Hall–Kier alpha value is -7.74. The molecular weight excluding hydrogens is 1390 g/mol. The number of nitrogens with one attached hydrogen (secondary N) is 3. The van der Waals surface area contributed by atoms with Gasteiger partial charge in [0.05, 0.1) is 121 Å². The van der Waals surface area contributed by atoms with Gasteiger partial charge in [-0.3, -0.25) is 44.3 Å². The van der Waals surface area contributed by atoms with Crippen LogP contribution < -0.4 is 16.0 Å². The number of ether oxygens (including phenoxy) is 3. The molecule has 9 aliphatic rings. The van der Waals surface area contributed by atoms with Crippen LogP contribution in [0.3, 0.4) is 0 Å². The predicted molar refractivity (Wildman–Crippen MR) is 410 cm³/mol. The minimum absolute atomic E-state index is 0.116. The molecule has 24 heteroatoms. The lowest BCUT2D eigenvalue weighted by molar-refractivity contribution is -0.120. The number of benzene rings is 3. The van der Waals surface area contributed by atoms with E-state index in [-0.39, 0.29) is 84.3 Å². The third kappa shape index (κ3) is 18.6. The molecule has 0 radical (unpaired) electrons. The van der Waals surface area contributed by atoms with Crippen LogP contribution in [0.15, 0.2) is 102 Å². The highest BCUT2D eigenvalue weighted by molar-refractivity contribution is 7.91. The van der Waals surface area contributed by atoms with Crippen molar-refractivity contribution in [2.75, 3.05) is 54.5 Å². The van der Waals surface area contributed by atoms with E-state index in [9.17, 15) is 39.6 Å². The Morgan fingerprint density at radius 1 is 0.390 bits per heavy atom. The molecule has 6 fully saturated rings. The number of hydrogen-bond donors (Lipinski definition) is 3. The summed E-state index contributed by atoms with van der Waals surface area (Å²) in [5.74, 6) is 1.15. The number of anilines is 6. The molecule has 9 heterocycles. The number of carbonyl (C=O) groups excluding carboxylic acids is 3. The third-order valence-corrected chi connectivity index (χ3v) is 24.5. The van der Waals surface area contributed by atoms with Crippen molar-refractivity contribution in [2.45, 2.75) is 211 Å². The number of Topliss-reactive ketones (excluding diaryl/α,β-unsaturated/α-hetero) is 3. The average molecular weight is 1490 g/mol. The van der Waals surface area contributed by atoms with Crippen molar-refractivity contribution in [1.29, 1.82) is 0 Å². The standard InChI is InChI=1S/3C27H33N3O4S/c3*1-16-11-21-26(28-16)22(13-19(29-21)14-23(31)17-5-6-17)30-20-8-7-18(12-25(20)35(4,32)33)24-9-10-27(2,3)15-34-24/h3*7-8,12-13,17,24H,5-6,9-11,14-15H2,1-4H3,(H,29,30)/t2*24-;/m10./s1. The fraction of sp³-hybridized carbons (Fsp3) is 0.519. The maximum atomic E-state index is 12.8. The molecule has 3 aromatic heterocycles. The van der Waals surface area contributed by atoms with Crippen molar-refractivity contribution in [2.24, 2.45) is 49.0 Å². The van der Waals surface area contributed by atoms with Gasteiger partial charge in [-0.1, -0.05) is 59.7 Å². The number of sulfone groups is 3. The first kappa shape index (κ1) is 75.5. The average Bonchev–Trinajstić information content (AvgIpc) is 1.43. The summed E-state index contributed by atoms with van der Waals surface area (Å²) in [6.07, 6.45) is 17.5. The van der Waals surface area contributed by atoms with Crippen molar-refractivity contribution in [1.82, 2.24) is 15.0 Å². The number of ketones is 3. The molecule has 6 aromatic rings. The van der Waals surface area contributed by atoms with Crippen LogP contribution in [0.1, 0.15) is 209 Å². The van der Waals surface area contributed by atoms with Crippen LogP contribution in [0.4, 0.5) is 51.2 Å². The minimum atomic E-state index is -3.52. The number of pyridine rings is 3. The van der Waals surface area contributed by atoms with Crippen LogP contribution >= 0.6 is 0 Å². The van der Waals surface area contributed by atoms with Crippen molar-refractivity contribution < 1.29 is 53.8 Å². The van der Waals surface area contributed by atoms with Crippen LogP contribution in [0.2, 0.25) is 0 Å². The zero-order chi connectivity index (χ0) is 74.9. The highest BCUT2D eigenvalue weighted by Crippen LogP contribution is 2.47. The van der Waals surface area contributed by atoms with E-state index >= 15 is 0 Å². The molecule has 6 aliphatic heterocycles. The normalized spacial score (nSPS) is 21.4. The molecule has 3 atom stereocenters. The van der Waals surface area contributed by atoms with Gasteiger partial charge in [-0.2, -0.15) is 0 Å². The topological polar surface area (TPSA) is 293 Å². The van der Waals surface area contributed by atoms with Crippen LogP contribution in [0.25, 0.3) is 0 Å². The molecule has 0 amide bonds. The zero-order valence-electron chi connectivity index (χ0n) is 62.5. The predicted octanol–water partition coefficient (Wildman–Crippen LogP) is 15.8. The number of nitrogens with zero attached hydrogens (tertiary/aromatic N) is 6. The molecule has 3 N–H and O–H groups in total. The van der Waals surface area contributed by atoms with Gasteiger partial charge in [-0.15, -0.1) is 0 Å². The summed E-state index contributed by atoms with van der Waals surface area (Å²) in [6, 6.07) is 22.0. The second kappa shape index (κ2) is 29.4. The van der Waals surface area contributed by atoms with Gasteiger partial charge < -0.3 is 30.2 Å². The fourth-order valence-electron chi connectivity index (χ4n) is 14.5. The highest BCUT2D eigenvalue weighted by Gasteiger charge is 2.37. The second-order valence-electron chi connectivity index (χ2n) is 33.2. The molecule has 3 aromatic carbocycles. The lowest BCUT2D eigenvalue weighted by Crippen LogP contribution is -2.27. The molecule has 0 spiro atoms. The Labute approximate surface area is 618 Å². The number of fused-ring (bicyclic) bond motifs is 3. The largest absolute Gasteiger partial charge is 0.373 e. The lowest BCUT2D eigenvalue weighted by Gasteiger charge is -2.35. The first-order valence-electron chi connectivity index (χ1n) is 36.9. The maximum Gasteiger partial charge on any atom is 0.177 e. The van der Waals surface area contributed by atoms with E-state index in [0.29, 0.717) is 127 Å². The van der Waals surface area contributed by atoms with Gasteiger partial charge in [0.25, 0.3) is 0 Å². The van der Waals surface area contributed by atoms with Crippen LogP contribution in [0.5, 0.6) is 0 Å². The Morgan fingerprint density at radius 3 is 0.867 bits per heavy atom. The van der Waals surface area contributed by atoms with E-state index < -0.39 is 29.5 Å². The summed E-state index contributed by atoms with van der Waals surface area (Å²) in [7, 11) is -10.6. The van der Waals surface area contributed by atoms with Gasteiger partial charge in [0, 0.05) is 92.2 Å². The number of aliphatic imine (C=N–C) groups is 3. The molecule has 3 saturated carbocycles. The van der Waals surface area contributed by atoms with E-state index in [1.807, 2.05) is 75.4 Å². The van der Waals surface area contributed by atoms with Gasteiger partial charge in [0.15, 0.2) is 29.5 Å². The van der Waals surface area contributed by atoms with Gasteiger partial charge in [-0.25, -0.2) is 25.3 Å². The van der Waals surface area contributed by atoms with E-state index in [2.05, 4.69) is 72.5 Å². The highest BCUT2D eigenvalue weighted by atomic mass is 32.2. The number of rotatable bonds is 21. The van der Waals surface area contributed by atoms with E-state index in [0.717, 1.165) is 128 Å². The molecule has 1 unspecified atom stereocenters. The first-order chi connectivity index (χ1) is 49.4. The van der Waals surface area contributed by atoms with Crippen molar-refractivity contribution in [3.8, 4) is 0 Å². The first-order valence-corrected chi connectivity index (χ1v) is 42.6. The molecular formula is C81H99N9O12S3. The number of aromatic nitrogens is 3. The third-order valence-electron chi connectivity index (χ3n) is 21.1. The van der Waals surface area contributed by atoms with Crippen molar-refractivity contribution in [3.05, 3.63) is 124 Å². The SMILES string of the molecule is CC1=Nc2c(Nc3ccc(C4CCC(C)(C)CO4)cc3S(C)(=O)=O)cc(CC(=O)C3CC3)nc2C1.CC1=Nc2c(Nc3ccc([C@@H]4CCC(C)(C)CO4)cc3S(C)(=O)=O)cc(CC(=O)C3CC3)nc2C1.CC1=Nc2c(Nc3ccc([C@H]4CCC(C)(C)CO4)cc3S(C)(=O)=O)cc(CC(=O)C3CC3)nc2C1. The monoisotopic (exact) mass is 1490 g/mol. The summed E-state index contributed by atoms with van der Waals surface area (Å²) in [5, 5.41) is 9.97. The molecule has 3 aliphatic carbocycles. The maximum absolute atomic E-state index is 12.8. The van der Waals surface area contributed by atoms with Gasteiger partial charge >= 0.3 is 0 Å². The van der Waals surface area contributed by atoms with Gasteiger partial charge in [0.2, 0.25) is 0 Å². The smallest absolute Gasteiger partial charge is 0.177 e. The summed E-state index contributed by atoms with van der Waals surface area (Å²) in [4.78, 5) is 66.1. The Balaban J connectivity index is 0.000000140. The number of hydrogen-bond acceptors (Lipinski definition) is 21. The van der Waals surface area contributed by atoms with Gasteiger partial charge in [-0.05, 0) is 185 Å². The van der Waals surface area contributed by atoms with E-state index in [4.69, 9.17) is 29.2 Å². The molecule has 0 bridgehead atoms. The van der Waals surface area contributed by atoms with Crippen molar-refractivity contribution in [3.63, 3.8) is 0 Å². The quantitative estimate of drug-likeness (QED) is 0.0603. The summed E-state index contributed by atoms with van der Waals surface area (Å²) >= 11 is 0. The van der Waals surface area contributed by atoms with Crippen LogP contribution in [-0.4, -0.2) is 113 Å². The Bertz CT molecular complexity index is 4440.